The molecule has 2 aromatic rings. The smallest absolute Gasteiger partial charge is 0.297 e. The lowest BCUT2D eigenvalue weighted by atomic mass is 10.3. The van der Waals surface area contributed by atoms with Crippen molar-refractivity contribution < 1.29 is 17.3 Å². The Bertz CT molecular complexity index is 725. The van der Waals surface area contributed by atoms with Crippen LogP contribution in [0.1, 0.15) is 0 Å². The highest BCUT2D eigenvalue weighted by atomic mass is 79.9. The van der Waals surface area contributed by atoms with Gasteiger partial charge in [-0.15, -0.1) is 0 Å². The highest BCUT2D eigenvalue weighted by Gasteiger charge is 2.15. The largest absolute Gasteiger partial charge is 0.489 e. The third kappa shape index (κ3) is 4.79. The van der Waals surface area contributed by atoms with Crippen LogP contribution >= 0.6 is 47.8 Å². The van der Waals surface area contributed by atoms with Crippen molar-refractivity contribution in [1.29, 1.82) is 0 Å². The molecule has 0 bridgehead atoms. The lowest BCUT2D eigenvalue weighted by Crippen LogP contribution is -2.13. The minimum Gasteiger partial charge on any atom is -0.489 e. The maximum atomic E-state index is 11.9. The quantitative estimate of drug-likeness (QED) is 0.412. The minimum atomic E-state index is -3.75. The predicted molar refractivity (Wildman–Crippen MR) is 94.6 cm³/mol. The van der Waals surface area contributed by atoms with E-state index in [2.05, 4.69) is 47.8 Å². The molecule has 0 unspecified atom stereocenters. The molecule has 4 nitrogen and oxygen atoms in total. The summed E-state index contributed by atoms with van der Waals surface area (Å²) in [5, 5.41) is 0. The van der Waals surface area contributed by atoms with Crippen molar-refractivity contribution in [2.75, 3.05) is 13.2 Å². The number of ether oxygens (including phenoxy) is 1. The molecule has 0 radical (unpaired) electrons. The van der Waals surface area contributed by atoms with Crippen molar-refractivity contribution in [1.82, 2.24) is 0 Å². The van der Waals surface area contributed by atoms with Gasteiger partial charge in [0.25, 0.3) is 10.1 Å². The van der Waals surface area contributed by atoms with E-state index in [1.165, 1.54) is 12.1 Å². The van der Waals surface area contributed by atoms with Gasteiger partial charge in [0.2, 0.25) is 0 Å². The van der Waals surface area contributed by atoms with Gasteiger partial charge in [0.15, 0.2) is 0 Å². The number of benzene rings is 2. The number of halogens is 3. The van der Waals surface area contributed by atoms with Gasteiger partial charge in [0.05, 0.1) is 13.8 Å². The molecule has 2 aromatic carbocycles. The van der Waals surface area contributed by atoms with E-state index in [-0.39, 0.29) is 18.1 Å². The summed E-state index contributed by atoms with van der Waals surface area (Å²) in [7, 11) is -3.75. The SMILES string of the molecule is O=S(=O)(OCCOc1c(Br)cc(Br)cc1Br)c1ccccc1. The van der Waals surface area contributed by atoms with Crippen LogP contribution in [-0.4, -0.2) is 21.6 Å². The van der Waals surface area contributed by atoms with Crippen LogP contribution in [0, 0.1) is 0 Å². The van der Waals surface area contributed by atoms with Gasteiger partial charge >= 0.3 is 0 Å². The molecule has 0 amide bonds. The van der Waals surface area contributed by atoms with E-state index in [1.807, 2.05) is 12.1 Å². The van der Waals surface area contributed by atoms with Crippen LogP contribution in [0.2, 0.25) is 0 Å². The van der Waals surface area contributed by atoms with Crippen molar-refractivity contribution >= 4 is 57.9 Å². The molecule has 0 aliphatic carbocycles. The molecule has 0 spiro atoms. The Morgan fingerprint density at radius 2 is 1.50 bits per heavy atom. The lowest BCUT2D eigenvalue weighted by molar-refractivity contribution is 0.219. The Balaban J connectivity index is 1.93. The van der Waals surface area contributed by atoms with Gasteiger partial charge in [0.1, 0.15) is 19.0 Å². The minimum absolute atomic E-state index is 0.0772. The van der Waals surface area contributed by atoms with Crippen LogP contribution < -0.4 is 4.74 Å². The van der Waals surface area contributed by atoms with Crippen LogP contribution in [0.5, 0.6) is 5.75 Å². The van der Waals surface area contributed by atoms with Gasteiger partial charge in [-0.25, -0.2) is 0 Å². The van der Waals surface area contributed by atoms with Crippen LogP contribution in [0.25, 0.3) is 0 Å². The molecule has 0 aliphatic rings. The molecule has 0 aliphatic heterocycles. The molecule has 0 fully saturated rings. The first-order chi connectivity index (χ1) is 10.4. The highest BCUT2D eigenvalue weighted by molar-refractivity contribution is 9.11. The molecular weight excluding hydrogens is 504 g/mol. The van der Waals surface area contributed by atoms with Crippen LogP contribution in [0.3, 0.4) is 0 Å². The summed E-state index contributed by atoms with van der Waals surface area (Å²) >= 11 is 10.1. The molecule has 0 saturated heterocycles. The Hall–Kier alpha value is -0.410. The predicted octanol–water partition coefficient (Wildman–Crippen LogP) is 4.76. The summed E-state index contributed by atoms with van der Waals surface area (Å²) in [6.07, 6.45) is 0. The van der Waals surface area contributed by atoms with Crippen molar-refractivity contribution in [3.63, 3.8) is 0 Å². The van der Waals surface area contributed by atoms with Crippen LogP contribution in [0.15, 0.2) is 60.8 Å². The number of hydrogen-bond donors (Lipinski definition) is 0. The second kappa shape index (κ2) is 7.92. The fourth-order valence-electron chi connectivity index (χ4n) is 1.61. The molecule has 0 heterocycles. The second-order valence-electron chi connectivity index (χ2n) is 4.14. The van der Waals surface area contributed by atoms with Crippen molar-refractivity contribution in [2.24, 2.45) is 0 Å². The first-order valence-corrected chi connectivity index (χ1v) is 9.91. The lowest BCUT2D eigenvalue weighted by Gasteiger charge is -2.11. The van der Waals surface area contributed by atoms with Gasteiger partial charge in [-0.2, -0.15) is 8.42 Å². The summed E-state index contributed by atoms with van der Waals surface area (Å²) < 4.78 is 36.7. The van der Waals surface area contributed by atoms with Gasteiger partial charge in [-0.3, -0.25) is 4.18 Å². The fourth-order valence-corrected chi connectivity index (χ4v) is 5.01. The maximum Gasteiger partial charge on any atom is 0.297 e. The van der Waals surface area contributed by atoms with E-state index >= 15 is 0 Å². The molecule has 8 heteroatoms. The molecule has 0 atom stereocenters. The summed E-state index contributed by atoms with van der Waals surface area (Å²) in [6.45, 7) is 0.0249. The third-order valence-corrected chi connectivity index (χ3v) is 5.53. The normalized spacial score (nSPS) is 11.4. The monoisotopic (exact) mass is 512 g/mol. The van der Waals surface area contributed by atoms with Gasteiger partial charge in [-0.05, 0) is 56.1 Å². The molecule has 0 saturated carbocycles. The van der Waals surface area contributed by atoms with E-state index < -0.39 is 10.1 Å². The molecule has 2 rings (SSSR count). The average molecular weight is 515 g/mol. The van der Waals surface area contributed by atoms with E-state index in [1.54, 1.807) is 18.2 Å². The van der Waals surface area contributed by atoms with E-state index in [0.717, 1.165) is 13.4 Å². The first kappa shape index (κ1) is 17.9. The Kier molecular flexibility index (Phi) is 6.46. The summed E-state index contributed by atoms with van der Waals surface area (Å²) in [6, 6.07) is 11.7. The van der Waals surface area contributed by atoms with Crippen molar-refractivity contribution in [3.8, 4) is 5.75 Å². The van der Waals surface area contributed by atoms with Gasteiger partial charge in [0, 0.05) is 4.47 Å². The van der Waals surface area contributed by atoms with Gasteiger partial charge in [-0.1, -0.05) is 34.1 Å². The van der Waals surface area contributed by atoms with E-state index in [0.29, 0.717) is 5.75 Å². The summed E-state index contributed by atoms with van der Waals surface area (Å²) in [5.74, 6) is 0.587. The van der Waals surface area contributed by atoms with Crippen molar-refractivity contribution in [2.45, 2.75) is 4.90 Å². The molecule has 22 heavy (non-hydrogen) atoms. The zero-order valence-electron chi connectivity index (χ0n) is 11.1. The van der Waals surface area contributed by atoms with Crippen molar-refractivity contribution in [3.05, 3.63) is 55.9 Å². The van der Waals surface area contributed by atoms with E-state index in [9.17, 15) is 8.42 Å². The fraction of sp³-hybridized carbons (Fsp3) is 0.143. The third-order valence-electron chi connectivity index (χ3n) is 2.56. The standard InChI is InChI=1S/C14H11Br3O4S/c15-10-8-12(16)14(13(17)9-10)20-6-7-21-22(18,19)11-4-2-1-3-5-11/h1-5,8-9H,6-7H2. The van der Waals surface area contributed by atoms with Crippen LogP contribution in [-0.2, 0) is 14.3 Å². The molecule has 118 valence electrons. The zero-order chi connectivity index (χ0) is 16.2. The highest BCUT2D eigenvalue weighted by Crippen LogP contribution is 2.36. The maximum absolute atomic E-state index is 11.9. The van der Waals surface area contributed by atoms with E-state index in [4.69, 9.17) is 8.92 Å². The molecule has 0 aromatic heterocycles. The Morgan fingerprint density at radius 3 is 2.09 bits per heavy atom. The second-order valence-corrected chi connectivity index (χ2v) is 8.38. The molecule has 0 N–H and O–H groups in total. The van der Waals surface area contributed by atoms with Gasteiger partial charge < -0.3 is 4.74 Å². The molecular formula is C14H11Br3O4S. The zero-order valence-corrected chi connectivity index (χ0v) is 16.7. The Labute approximate surface area is 154 Å². The number of hydrogen-bond acceptors (Lipinski definition) is 4. The average Bonchev–Trinajstić information content (AvgIpc) is 2.46. The summed E-state index contributed by atoms with van der Waals surface area (Å²) in [4.78, 5) is 0.126. The number of rotatable bonds is 6. The summed E-state index contributed by atoms with van der Waals surface area (Å²) in [5.41, 5.74) is 0. The Morgan fingerprint density at radius 1 is 0.909 bits per heavy atom. The topological polar surface area (TPSA) is 52.6 Å². The van der Waals surface area contributed by atoms with Crippen LogP contribution in [0.4, 0.5) is 0 Å². The first-order valence-electron chi connectivity index (χ1n) is 6.12.